The molecule has 0 saturated heterocycles. The first-order chi connectivity index (χ1) is 5.95. The van der Waals surface area contributed by atoms with Crippen molar-refractivity contribution in [1.29, 1.82) is 0 Å². The number of allylic oxidation sites excluding steroid dienone is 1. The monoisotopic (exact) mass is 207 g/mol. The molecule has 0 atom stereocenters. The predicted molar refractivity (Wildman–Crippen MR) is 48.4 cm³/mol. The average Bonchev–Trinajstić information content (AvgIpc) is 1.94. The molecule has 76 valence electrons. The van der Waals surface area contributed by atoms with Crippen LogP contribution in [0.5, 0.6) is 0 Å². The summed E-state index contributed by atoms with van der Waals surface area (Å²) < 4.78 is 29.8. The van der Waals surface area contributed by atoms with Gasteiger partial charge in [0.05, 0.1) is 0 Å². The molecule has 0 aromatic carbocycles. The molecule has 2 N–H and O–H groups in total. The molecule has 0 spiro atoms. The Hall–Kier alpha value is -0.880. The fraction of sp³-hybridized carbons (Fsp3) is 0.571. The van der Waals surface area contributed by atoms with E-state index in [1.54, 1.807) is 6.08 Å². The second-order valence-electron chi connectivity index (χ2n) is 2.49. The van der Waals surface area contributed by atoms with Crippen molar-refractivity contribution in [2.24, 2.45) is 0 Å². The van der Waals surface area contributed by atoms with E-state index < -0.39 is 16.2 Å². The summed E-state index contributed by atoms with van der Waals surface area (Å²) in [7, 11) is -4.42. The van der Waals surface area contributed by atoms with Crippen LogP contribution in [0.25, 0.3) is 0 Å². The molecule has 6 heteroatoms. The second kappa shape index (κ2) is 5.71. The van der Waals surface area contributed by atoms with Gasteiger partial charge in [0.25, 0.3) is 5.91 Å². The molecule has 0 aromatic heterocycles. The number of rotatable bonds is 5. The Balaban J connectivity index is 3.82. The fourth-order valence-corrected chi connectivity index (χ4v) is 0.996. The third kappa shape index (κ3) is 9.03. The maximum Gasteiger partial charge on any atom is 0.359 e. The van der Waals surface area contributed by atoms with Gasteiger partial charge < -0.3 is 0 Å². The quantitative estimate of drug-likeness (QED) is 0.394. The van der Waals surface area contributed by atoms with E-state index in [4.69, 9.17) is 4.55 Å². The second-order valence-corrected chi connectivity index (χ2v) is 3.64. The summed E-state index contributed by atoms with van der Waals surface area (Å²) >= 11 is 0. The number of hydrogen-bond donors (Lipinski definition) is 2. The van der Waals surface area contributed by atoms with E-state index in [1.165, 1.54) is 4.72 Å². The molecular formula is C7H13NO4S. The molecule has 0 aliphatic rings. The summed E-state index contributed by atoms with van der Waals surface area (Å²) in [6, 6.07) is 0. The van der Waals surface area contributed by atoms with Crippen LogP contribution in [0, 0.1) is 0 Å². The molecule has 1 amide bonds. The molecule has 13 heavy (non-hydrogen) atoms. The van der Waals surface area contributed by atoms with Crippen LogP contribution < -0.4 is 4.72 Å². The van der Waals surface area contributed by atoms with Gasteiger partial charge in [-0.1, -0.05) is 25.8 Å². The van der Waals surface area contributed by atoms with Crippen LogP contribution in [-0.2, 0) is 15.1 Å². The van der Waals surface area contributed by atoms with Crippen molar-refractivity contribution < 1.29 is 17.8 Å². The zero-order chi connectivity index (χ0) is 10.3. The fourth-order valence-electron chi connectivity index (χ4n) is 0.673. The van der Waals surface area contributed by atoms with Crippen LogP contribution in [0.1, 0.15) is 26.2 Å². The third-order valence-corrected chi connectivity index (χ3v) is 1.68. The number of amides is 1. The highest BCUT2D eigenvalue weighted by atomic mass is 32.2. The Kier molecular flexibility index (Phi) is 5.33. The van der Waals surface area contributed by atoms with Crippen molar-refractivity contribution >= 4 is 16.2 Å². The van der Waals surface area contributed by atoms with E-state index in [-0.39, 0.29) is 0 Å². The van der Waals surface area contributed by atoms with Gasteiger partial charge in [0, 0.05) is 0 Å². The number of hydrogen-bond acceptors (Lipinski definition) is 3. The molecule has 0 aliphatic heterocycles. The van der Waals surface area contributed by atoms with Crippen molar-refractivity contribution in [3.8, 4) is 0 Å². The van der Waals surface area contributed by atoms with Crippen LogP contribution in [-0.4, -0.2) is 18.9 Å². The number of carbonyl (C=O) groups excluding carboxylic acids is 1. The summed E-state index contributed by atoms with van der Waals surface area (Å²) in [4.78, 5) is 10.7. The predicted octanol–water partition coefficient (Wildman–Crippen LogP) is 0.652. The summed E-state index contributed by atoms with van der Waals surface area (Å²) in [5.41, 5.74) is 0. The number of nitrogens with one attached hydrogen (secondary N) is 1. The smallest absolute Gasteiger partial charge is 0.269 e. The third-order valence-electron chi connectivity index (χ3n) is 1.22. The number of unbranched alkanes of at least 4 members (excludes halogenated alkanes) is 2. The Labute approximate surface area is 77.7 Å². The van der Waals surface area contributed by atoms with Gasteiger partial charge in [-0.3, -0.25) is 9.35 Å². The molecule has 0 heterocycles. The molecule has 0 rings (SSSR count). The van der Waals surface area contributed by atoms with E-state index in [2.05, 4.69) is 0 Å². The van der Waals surface area contributed by atoms with Crippen LogP contribution >= 0.6 is 0 Å². The zero-order valence-electron chi connectivity index (χ0n) is 7.36. The van der Waals surface area contributed by atoms with Crippen LogP contribution in [0.2, 0.25) is 0 Å². The standard InChI is InChI=1S/C7H13NO4S/c1-2-3-4-5-6-7(9)8-13(10,11)12/h5-6H,2-4H2,1H3,(H,8,9)(H,10,11,12). The van der Waals surface area contributed by atoms with E-state index in [0.29, 0.717) is 0 Å². The van der Waals surface area contributed by atoms with Crippen molar-refractivity contribution in [3.05, 3.63) is 12.2 Å². The zero-order valence-corrected chi connectivity index (χ0v) is 8.17. The van der Waals surface area contributed by atoms with Gasteiger partial charge in [0.1, 0.15) is 0 Å². The molecule has 5 nitrogen and oxygen atoms in total. The minimum atomic E-state index is -4.42. The molecule has 0 fully saturated rings. The molecule has 0 aromatic rings. The molecule has 0 saturated carbocycles. The lowest BCUT2D eigenvalue weighted by molar-refractivity contribution is -0.114. The summed E-state index contributed by atoms with van der Waals surface area (Å²) in [6.45, 7) is 2.01. The maximum absolute atomic E-state index is 10.7. The lowest BCUT2D eigenvalue weighted by atomic mass is 10.2. The highest BCUT2D eigenvalue weighted by Gasteiger charge is 2.05. The van der Waals surface area contributed by atoms with Crippen molar-refractivity contribution in [1.82, 2.24) is 4.72 Å². The Morgan fingerprint density at radius 3 is 2.62 bits per heavy atom. The molecule has 0 unspecified atom stereocenters. The first-order valence-corrected chi connectivity index (χ1v) is 5.35. The van der Waals surface area contributed by atoms with E-state index in [9.17, 15) is 13.2 Å². The van der Waals surface area contributed by atoms with Gasteiger partial charge >= 0.3 is 10.3 Å². The highest BCUT2D eigenvalue weighted by molar-refractivity contribution is 7.84. The maximum atomic E-state index is 10.7. The van der Waals surface area contributed by atoms with E-state index >= 15 is 0 Å². The van der Waals surface area contributed by atoms with Crippen molar-refractivity contribution in [2.75, 3.05) is 0 Å². The van der Waals surface area contributed by atoms with Crippen molar-refractivity contribution in [3.63, 3.8) is 0 Å². The normalized spacial score (nSPS) is 11.8. The summed E-state index contributed by atoms with van der Waals surface area (Å²) in [6.07, 6.45) is 5.31. The molecule has 0 radical (unpaired) electrons. The SMILES string of the molecule is CCCCC=CC(=O)NS(=O)(=O)O. The number of carbonyl (C=O) groups is 1. The minimum absolute atomic E-state index is 0.718. The largest absolute Gasteiger partial charge is 0.359 e. The van der Waals surface area contributed by atoms with Gasteiger partial charge in [0.15, 0.2) is 0 Å². The first kappa shape index (κ1) is 12.1. The summed E-state index contributed by atoms with van der Waals surface area (Å²) in [5.74, 6) is -0.835. The lowest BCUT2D eigenvalue weighted by Gasteiger charge is -1.94. The van der Waals surface area contributed by atoms with Crippen LogP contribution in [0.15, 0.2) is 12.2 Å². The average molecular weight is 207 g/mol. The lowest BCUT2D eigenvalue weighted by Crippen LogP contribution is -2.27. The summed E-state index contributed by atoms with van der Waals surface area (Å²) in [5, 5.41) is 0. The van der Waals surface area contributed by atoms with E-state index in [0.717, 1.165) is 25.3 Å². The van der Waals surface area contributed by atoms with E-state index in [1.807, 2.05) is 6.92 Å². The minimum Gasteiger partial charge on any atom is -0.269 e. The van der Waals surface area contributed by atoms with Crippen LogP contribution in [0.4, 0.5) is 0 Å². The Bertz CT molecular complexity index is 281. The molecular weight excluding hydrogens is 194 g/mol. The van der Waals surface area contributed by atoms with Gasteiger partial charge in [-0.15, -0.1) is 0 Å². The van der Waals surface area contributed by atoms with Gasteiger partial charge in [-0.25, -0.2) is 4.72 Å². The Morgan fingerprint density at radius 2 is 2.15 bits per heavy atom. The van der Waals surface area contributed by atoms with Gasteiger partial charge in [-0.2, -0.15) is 8.42 Å². The van der Waals surface area contributed by atoms with Gasteiger partial charge in [0.2, 0.25) is 0 Å². The molecule has 0 aliphatic carbocycles. The van der Waals surface area contributed by atoms with Gasteiger partial charge in [-0.05, 0) is 12.5 Å². The first-order valence-electron chi connectivity index (χ1n) is 3.91. The molecule has 0 bridgehead atoms. The van der Waals surface area contributed by atoms with Crippen molar-refractivity contribution in [2.45, 2.75) is 26.2 Å². The topological polar surface area (TPSA) is 83.5 Å². The van der Waals surface area contributed by atoms with Crippen LogP contribution in [0.3, 0.4) is 0 Å². The highest BCUT2D eigenvalue weighted by Crippen LogP contribution is 1.94. The Morgan fingerprint density at radius 1 is 1.54 bits per heavy atom.